The van der Waals surface area contributed by atoms with Crippen LogP contribution >= 0.6 is 0 Å². The van der Waals surface area contributed by atoms with Crippen LogP contribution in [0.4, 0.5) is 0 Å². The molecule has 5 heteroatoms. The van der Waals surface area contributed by atoms with Gasteiger partial charge in [-0.1, -0.05) is 12.1 Å². The van der Waals surface area contributed by atoms with Crippen LogP contribution in [0.5, 0.6) is 0 Å². The van der Waals surface area contributed by atoms with E-state index in [2.05, 4.69) is 39.2 Å². The summed E-state index contributed by atoms with van der Waals surface area (Å²) < 4.78 is 0. The molecule has 3 N–H and O–H groups in total. The van der Waals surface area contributed by atoms with Crippen LogP contribution in [-0.4, -0.2) is 20.2 Å². The van der Waals surface area contributed by atoms with Gasteiger partial charge in [0.15, 0.2) is 5.65 Å². The predicted octanol–water partition coefficient (Wildman–Crippen LogP) is 2.35. The second-order valence-corrected chi connectivity index (χ2v) is 4.71. The largest absolute Gasteiger partial charge is 0.324 e. The van der Waals surface area contributed by atoms with Gasteiger partial charge in [-0.25, -0.2) is 9.97 Å². The summed E-state index contributed by atoms with van der Waals surface area (Å²) in [6.07, 6.45) is 3.30. The lowest BCUT2D eigenvalue weighted by Gasteiger charge is -2.11. The number of nitrogens with two attached hydrogens (primary N) is 1. The zero-order valence-electron chi connectivity index (χ0n) is 10.9. The Morgan fingerprint density at radius 3 is 2.84 bits per heavy atom. The Kier molecular flexibility index (Phi) is 2.76. The first kappa shape index (κ1) is 11.8. The number of hydrogen-bond donors (Lipinski definition) is 2. The van der Waals surface area contributed by atoms with E-state index >= 15 is 0 Å². The van der Waals surface area contributed by atoms with Gasteiger partial charge in [-0.3, -0.25) is 5.10 Å². The van der Waals surface area contributed by atoms with Gasteiger partial charge >= 0.3 is 0 Å². The van der Waals surface area contributed by atoms with Crippen molar-refractivity contribution in [3.8, 4) is 11.3 Å². The molecule has 0 saturated heterocycles. The molecule has 0 spiro atoms. The lowest BCUT2D eigenvalue weighted by Crippen LogP contribution is -2.06. The number of nitrogens with one attached hydrogen (secondary N) is 1. The molecule has 2 aromatic heterocycles. The number of hydrogen-bond acceptors (Lipinski definition) is 4. The van der Waals surface area contributed by atoms with Gasteiger partial charge in [-0.2, -0.15) is 5.10 Å². The van der Waals surface area contributed by atoms with Crippen molar-refractivity contribution in [2.24, 2.45) is 5.73 Å². The highest BCUT2D eigenvalue weighted by Gasteiger charge is 2.10. The van der Waals surface area contributed by atoms with Crippen molar-refractivity contribution in [2.75, 3.05) is 0 Å². The fraction of sp³-hybridized carbons (Fsp3) is 0.214. The van der Waals surface area contributed by atoms with Crippen LogP contribution in [0.3, 0.4) is 0 Å². The normalized spacial score (nSPS) is 12.8. The molecule has 19 heavy (non-hydrogen) atoms. The van der Waals surface area contributed by atoms with E-state index in [1.54, 1.807) is 12.5 Å². The van der Waals surface area contributed by atoms with Gasteiger partial charge in [0.05, 0.1) is 17.3 Å². The molecule has 1 aromatic carbocycles. The molecule has 0 aliphatic carbocycles. The van der Waals surface area contributed by atoms with E-state index in [0.717, 1.165) is 27.9 Å². The van der Waals surface area contributed by atoms with Gasteiger partial charge < -0.3 is 5.73 Å². The number of aryl methyl sites for hydroxylation is 1. The summed E-state index contributed by atoms with van der Waals surface area (Å²) in [6.45, 7) is 4.05. The topological polar surface area (TPSA) is 80.5 Å². The van der Waals surface area contributed by atoms with Gasteiger partial charge in [0.1, 0.15) is 6.33 Å². The lowest BCUT2D eigenvalue weighted by molar-refractivity contribution is 0.810. The van der Waals surface area contributed by atoms with Crippen LogP contribution < -0.4 is 5.73 Å². The molecule has 1 atom stereocenters. The van der Waals surface area contributed by atoms with Crippen molar-refractivity contribution in [1.82, 2.24) is 20.2 Å². The third kappa shape index (κ3) is 1.98. The maximum atomic E-state index is 5.94. The highest BCUT2D eigenvalue weighted by molar-refractivity contribution is 5.89. The van der Waals surface area contributed by atoms with Crippen molar-refractivity contribution in [3.63, 3.8) is 0 Å². The fourth-order valence-electron chi connectivity index (χ4n) is 2.33. The molecule has 0 aliphatic heterocycles. The summed E-state index contributed by atoms with van der Waals surface area (Å²) in [5.41, 5.74) is 10.9. The monoisotopic (exact) mass is 253 g/mol. The first-order valence-corrected chi connectivity index (χ1v) is 6.17. The Labute approximate surface area is 110 Å². The Bertz CT molecular complexity index is 730. The number of fused-ring (bicyclic) bond motifs is 1. The zero-order valence-corrected chi connectivity index (χ0v) is 10.9. The van der Waals surface area contributed by atoms with Crippen LogP contribution in [0.1, 0.15) is 24.1 Å². The van der Waals surface area contributed by atoms with Crippen LogP contribution in [0.15, 0.2) is 30.7 Å². The molecule has 2 heterocycles. The first-order chi connectivity index (χ1) is 9.16. The van der Waals surface area contributed by atoms with Crippen molar-refractivity contribution >= 4 is 11.0 Å². The van der Waals surface area contributed by atoms with Gasteiger partial charge in [-0.05, 0) is 31.0 Å². The van der Waals surface area contributed by atoms with E-state index in [-0.39, 0.29) is 6.04 Å². The fourth-order valence-corrected chi connectivity index (χ4v) is 2.33. The van der Waals surface area contributed by atoms with E-state index < -0.39 is 0 Å². The Morgan fingerprint density at radius 2 is 2.11 bits per heavy atom. The second kappa shape index (κ2) is 4.44. The molecule has 0 aliphatic rings. The van der Waals surface area contributed by atoms with Gasteiger partial charge in [-0.15, -0.1) is 0 Å². The lowest BCUT2D eigenvalue weighted by atomic mass is 9.98. The summed E-state index contributed by atoms with van der Waals surface area (Å²) in [6, 6.07) is 6.24. The van der Waals surface area contributed by atoms with Crippen molar-refractivity contribution < 1.29 is 0 Å². The minimum Gasteiger partial charge on any atom is -0.324 e. The van der Waals surface area contributed by atoms with Gasteiger partial charge in [0, 0.05) is 11.6 Å². The average Bonchev–Trinajstić information content (AvgIpc) is 2.86. The molecule has 0 saturated carbocycles. The standard InChI is InChI=1S/C14H15N5/c1-8-5-10(3-4-11(8)9(2)15)13-12-6-18-19-14(12)17-7-16-13/h3-7,9H,15H2,1-2H3,(H,16,17,18,19). The zero-order chi connectivity index (χ0) is 13.4. The maximum Gasteiger partial charge on any atom is 0.159 e. The summed E-state index contributed by atoms with van der Waals surface area (Å²) in [5.74, 6) is 0. The molecular formula is C14H15N5. The predicted molar refractivity (Wildman–Crippen MR) is 74.5 cm³/mol. The third-order valence-corrected chi connectivity index (χ3v) is 3.28. The molecule has 0 amide bonds. The SMILES string of the molecule is Cc1cc(-c2ncnc3[nH]ncc23)ccc1C(C)N. The summed E-state index contributed by atoms with van der Waals surface area (Å²) >= 11 is 0. The molecule has 0 bridgehead atoms. The molecule has 5 nitrogen and oxygen atoms in total. The van der Waals surface area contributed by atoms with Crippen LogP contribution in [0.25, 0.3) is 22.3 Å². The minimum absolute atomic E-state index is 0.0355. The van der Waals surface area contributed by atoms with E-state index in [1.165, 1.54) is 5.56 Å². The number of aromatic nitrogens is 4. The highest BCUT2D eigenvalue weighted by atomic mass is 15.1. The Balaban J connectivity index is 2.17. The highest BCUT2D eigenvalue weighted by Crippen LogP contribution is 2.27. The first-order valence-electron chi connectivity index (χ1n) is 6.17. The summed E-state index contributed by atoms with van der Waals surface area (Å²) in [7, 11) is 0. The molecule has 96 valence electrons. The second-order valence-electron chi connectivity index (χ2n) is 4.71. The maximum absolute atomic E-state index is 5.94. The molecule has 0 radical (unpaired) electrons. The minimum atomic E-state index is 0.0355. The average molecular weight is 253 g/mol. The molecule has 0 fully saturated rings. The Hall–Kier alpha value is -2.27. The Morgan fingerprint density at radius 1 is 1.26 bits per heavy atom. The van der Waals surface area contributed by atoms with Crippen LogP contribution in [0, 0.1) is 6.92 Å². The number of benzene rings is 1. The van der Waals surface area contributed by atoms with E-state index in [4.69, 9.17) is 5.73 Å². The molecule has 3 rings (SSSR count). The van der Waals surface area contributed by atoms with Crippen LogP contribution in [0.2, 0.25) is 0 Å². The van der Waals surface area contributed by atoms with E-state index in [0.29, 0.717) is 0 Å². The van der Waals surface area contributed by atoms with Crippen molar-refractivity contribution in [1.29, 1.82) is 0 Å². The number of nitrogens with zero attached hydrogens (tertiary/aromatic N) is 3. The quantitative estimate of drug-likeness (QED) is 0.734. The molecular weight excluding hydrogens is 238 g/mol. The smallest absolute Gasteiger partial charge is 0.159 e. The molecule has 3 aromatic rings. The van der Waals surface area contributed by atoms with Crippen LogP contribution in [-0.2, 0) is 0 Å². The third-order valence-electron chi connectivity index (χ3n) is 3.28. The van der Waals surface area contributed by atoms with E-state index in [9.17, 15) is 0 Å². The van der Waals surface area contributed by atoms with E-state index in [1.807, 2.05) is 13.0 Å². The van der Waals surface area contributed by atoms with Gasteiger partial charge in [0.2, 0.25) is 0 Å². The van der Waals surface area contributed by atoms with Crippen molar-refractivity contribution in [2.45, 2.75) is 19.9 Å². The summed E-state index contributed by atoms with van der Waals surface area (Å²) in [5, 5.41) is 7.79. The van der Waals surface area contributed by atoms with Gasteiger partial charge in [0.25, 0.3) is 0 Å². The number of H-pyrrole nitrogens is 1. The number of aromatic amines is 1. The number of rotatable bonds is 2. The summed E-state index contributed by atoms with van der Waals surface area (Å²) in [4.78, 5) is 8.51. The molecule has 1 unspecified atom stereocenters. The van der Waals surface area contributed by atoms with Crippen molar-refractivity contribution in [3.05, 3.63) is 41.9 Å².